The zero-order valence-electron chi connectivity index (χ0n) is 21.2. The Balaban J connectivity index is 1.23. The summed E-state index contributed by atoms with van der Waals surface area (Å²) in [7, 11) is 1.71. The molecular weight excluding hydrogens is 545 g/mol. The highest BCUT2D eigenvalue weighted by atomic mass is 32.2. The van der Waals surface area contributed by atoms with Crippen molar-refractivity contribution in [2.75, 3.05) is 42.7 Å². The summed E-state index contributed by atoms with van der Waals surface area (Å²) in [6.07, 6.45) is -0.450. The fourth-order valence-corrected chi connectivity index (χ4v) is 8.16. The van der Waals surface area contributed by atoms with Gasteiger partial charge in [0.2, 0.25) is 5.95 Å². The number of thiophene rings is 1. The molecule has 1 aliphatic carbocycles. The molecule has 3 aromatic rings. The van der Waals surface area contributed by atoms with Crippen LogP contribution in [0.4, 0.5) is 30.5 Å². The summed E-state index contributed by atoms with van der Waals surface area (Å²) >= 11 is 2.54. The first-order valence-corrected chi connectivity index (χ1v) is 14.9. The lowest BCUT2D eigenvalue weighted by molar-refractivity contribution is -0.137. The van der Waals surface area contributed by atoms with Gasteiger partial charge in [0, 0.05) is 67.0 Å². The molecule has 7 rings (SSSR count). The third kappa shape index (κ3) is 4.66. The number of halogens is 3. The number of amides is 1. The molecule has 2 saturated heterocycles. The first kappa shape index (κ1) is 25.2. The van der Waals surface area contributed by atoms with Crippen LogP contribution >= 0.6 is 23.1 Å². The minimum absolute atomic E-state index is 0.108. The highest BCUT2D eigenvalue weighted by molar-refractivity contribution is 7.99. The molecule has 5 heterocycles. The molecule has 2 bridgehead atoms. The lowest BCUT2D eigenvalue weighted by atomic mass is 10.1. The molecule has 1 amide bonds. The highest BCUT2D eigenvalue weighted by Crippen LogP contribution is 2.47. The number of nitrogens with one attached hydrogen (secondary N) is 2. The predicted molar refractivity (Wildman–Crippen MR) is 147 cm³/mol. The van der Waals surface area contributed by atoms with E-state index in [4.69, 9.17) is 0 Å². The van der Waals surface area contributed by atoms with Crippen LogP contribution in [0.5, 0.6) is 0 Å². The lowest BCUT2D eigenvalue weighted by Gasteiger charge is -2.30. The van der Waals surface area contributed by atoms with Crippen LogP contribution in [0.15, 0.2) is 35.4 Å². The number of fused-ring (bicyclic) bond motifs is 3. The minimum atomic E-state index is -4.63. The molecule has 12 heteroatoms. The number of piperazine rings is 1. The molecule has 204 valence electrons. The van der Waals surface area contributed by atoms with Crippen molar-refractivity contribution in [3.05, 3.63) is 46.5 Å². The Labute approximate surface area is 232 Å². The Bertz CT molecular complexity index is 1460. The van der Waals surface area contributed by atoms with E-state index in [1.54, 1.807) is 18.0 Å². The number of hydrogen-bond donors (Lipinski definition) is 2. The Morgan fingerprint density at radius 2 is 2.05 bits per heavy atom. The van der Waals surface area contributed by atoms with Crippen molar-refractivity contribution in [3.8, 4) is 10.6 Å². The molecule has 1 saturated carbocycles. The number of rotatable bonds is 5. The molecule has 7 nitrogen and oxygen atoms in total. The van der Waals surface area contributed by atoms with E-state index in [9.17, 15) is 18.0 Å². The van der Waals surface area contributed by atoms with Crippen molar-refractivity contribution in [2.45, 2.75) is 48.3 Å². The molecule has 4 aliphatic rings. The van der Waals surface area contributed by atoms with Crippen LogP contribution in [-0.4, -0.2) is 65.3 Å². The van der Waals surface area contributed by atoms with Crippen LogP contribution in [0.3, 0.4) is 0 Å². The van der Waals surface area contributed by atoms with Crippen LogP contribution in [0.2, 0.25) is 0 Å². The molecule has 0 radical (unpaired) electrons. The van der Waals surface area contributed by atoms with Gasteiger partial charge in [0.25, 0.3) is 5.91 Å². The molecule has 0 unspecified atom stereocenters. The van der Waals surface area contributed by atoms with Gasteiger partial charge in [0.15, 0.2) is 0 Å². The van der Waals surface area contributed by atoms with Crippen molar-refractivity contribution >= 4 is 46.3 Å². The van der Waals surface area contributed by atoms with Crippen molar-refractivity contribution in [3.63, 3.8) is 0 Å². The van der Waals surface area contributed by atoms with E-state index in [-0.39, 0.29) is 17.5 Å². The van der Waals surface area contributed by atoms with Gasteiger partial charge in [-0.15, -0.1) is 23.1 Å². The number of carbonyl (C=O) groups excluding carboxylic acids is 1. The van der Waals surface area contributed by atoms with Gasteiger partial charge >= 0.3 is 6.18 Å². The number of thioether (sulfide) groups is 1. The molecule has 3 fully saturated rings. The molecule has 39 heavy (non-hydrogen) atoms. The number of aromatic nitrogens is 2. The van der Waals surface area contributed by atoms with Gasteiger partial charge in [-0.05, 0) is 55.0 Å². The Morgan fingerprint density at radius 3 is 2.77 bits per heavy atom. The minimum Gasteiger partial charge on any atom is -0.366 e. The summed E-state index contributed by atoms with van der Waals surface area (Å²) in [6, 6.07) is 9.01. The maximum atomic E-state index is 14.0. The second-order valence-electron chi connectivity index (χ2n) is 10.7. The zero-order chi connectivity index (χ0) is 26.9. The van der Waals surface area contributed by atoms with E-state index in [1.807, 2.05) is 6.07 Å². The monoisotopic (exact) mass is 572 g/mol. The quantitative estimate of drug-likeness (QED) is 0.414. The van der Waals surface area contributed by atoms with Crippen LogP contribution in [0.1, 0.15) is 46.0 Å². The Kier molecular flexibility index (Phi) is 6.05. The van der Waals surface area contributed by atoms with E-state index in [1.165, 1.54) is 17.4 Å². The molecule has 3 aliphatic heterocycles. The average molecular weight is 573 g/mol. The van der Waals surface area contributed by atoms with Crippen LogP contribution < -0.4 is 15.5 Å². The van der Waals surface area contributed by atoms with Crippen molar-refractivity contribution in [1.82, 2.24) is 20.2 Å². The molecule has 2 aromatic heterocycles. The smallest absolute Gasteiger partial charge is 0.366 e. The largest absolute Gasteiger partial charge is 0.420 e. The van der Waals surface area contributed by atoms with Gasteiger partial charge < -0.3 is 20.4 Å². The van der Waals surface area contributed by atoms with Crippen LogP contribution in [0, 0.1) is 0 Å². The third-order valence-corrected chi connectivity index (χ3v) is 10.2. The zero-order valence-corrected chi connectivity index (χ0v) is 22.8. The number of benzene rings is 1. The molecule has 2 atom stereocenters. The standard InChI is InChI=1S/C27H27F3N6OS2/c1-35-6-7-38-22-10-21(39-24(22)25(35)37)23-19(27(28,29)30)12-32-26(34-23)33-20-5-4-16(9-18(20)14-2-3-14)36-13-15-8-17(36)11-31-15/h4-5,9-10,12,14-15,17,31H,2-3,6-8,11,13H2,1H3,(H,32,33,34)/t15-,17-/m1/s1. The average Bonchev–Trinajstić information content (AvgIpc) is 3.36. The van der Waals surface area contributed by atoms with Gasteiger partial charge in [-0.2, -0.15) is 13.2 Å². The lowest BCUT2D eigenvalue weighted by Crippen LogP contribution is -2.43. The summed E-state index contributed by atoms with van der Waals surface area (Å²) in [5, 5.41) is 6.76. The first-order chi connectivity index (χ1) is 18.7. The Hall–Kier alpha value is -2.83. The normalized spacial score (nSPS) is 22.8. The summed E-state index contributed by atoms with van der Waals surface area (Å²) in [6.45, 7) is 2.58. The fraction of sp³-hybridized carbons (Fsp3) is 0.444. The number of anilines is 3. The van der Waals surface area contributed by atoms with E-state index in [2.05, 4.69) is 37.6 Å². The summed E-state index contributed by atoms with van der Waals surface area (Å²) in [5.41, 5.74) is 2.05. The maximum Gasteiger partial charge on any atom is 0.420 e. The SMILES string of the molecule is CN1CCSc2cc(-c3nc(Nc4ccc(N5C[C@H]6C[C@@H]5CN6)cc4C4CC4)ncc3C(F)(F)F)sc2C1=O. The first-order valence-electron chi connectivity index (χ1n) is 13.1. The van der Waals surface area contributed by atoms with E-state index >= 15 is 0 Å². The van der Waals surface area contributed by atoms with Crippen LogP contribution in [-0.2, 0) is 6.18 Å². The van der Waals surface area contributed by atoms with Gasteiger partial charge in [-0.1, -0.05) is 0 Å². The summed E-state index contributed by atoms with van der Waals surface area (Å²) in [5.74, 6) is 1.04. The van der Waals surface area contributed by atoms with Crippen molar-refractivity contribution < 1.29 is 18.0 Å². The summed E-state index contributed by atoms with van der Waals surface area (Å²) in [4.78, 5) is 26.8. The maximum absolute atomic E-state index is 14.0. The molecular formula is C27H27F3N6OS2. The van der Waals surface area contributed by atoms with E-state index in [0.29, 0.717) is 44.9 Å². The molecule has 1 aromatic carbocycles. The van der Waals surface area contributed by atoms with E-state index in [0.717, 1.165) is 61.1 Å². The van der Waals surface area contributed by atoms with E-state index < -0.39 is 11.7 Å². The highest BCUT2D eigenvalue weighted by Gasteiger charge is 2.39. The molecule has 2 N–H and O–H groups in total. The van der Waals surface area contributed by atoms with Crippen LogP contribution in [0.25, 0.3) is 10.6 Å². The topological polar surface area (TPSA) is 73.4 Å². The number of carbonyl (C=O) groups is 1. The predicted octanol–water partition coefficient (Wildman–Crippen LogP) is 5.57. The van der Waals surface area contributed by atoms with Crippen molar-refractivity contribution in [1.29, 1.82) is 0 Å². The second kappa shape index (κ2) is 9.38. The fourth-order valence-electron chi connectivity index (χ4n) is 5.72. The van der Waals surface area contributed by atoms with Gasteiger partial charge in [-0.25, -0.2) is 9.97 Å². The summed E-state index contributed by atoms with van der Waals surface area (Å²) < 4.78 is 42.1. The number of nitrogens with zero attached hydrogens (tertiary/aromatic N) is 4. The van der Waals surface area contributed by atoms with Gasteiger partial charge in [0.1, 0.15) is 10.4 Å². The number of alkyl halides is 3. The second-order valence-corrected chi connectivity index (χ2v) is 12.8. The van der Waals surface area contributed by atoms with Crippen molar-refractivity contribution in [2.24, 2.45) is 0 Å². The molecule has 0 spiro atoms. The third-order valence-electron chi connectivity index (χ3n) is 7.94. The Morgan fingerprint density at radius 1 is 1.21 bits per heavy atom. The van der Waals surface area contributed by atoms with Gasteiger partial charge in [0.05, 0.1) is 10.6 Å². The van der Waals surface area contributed by atoms with Gasteiger partial charge in [-0.3, -0.25) is 4.79 Å². The number of hydrogen-bond acceptors (Lipinski definition) is 8.